The first-order valence-corrected chi connectivity index (χ1v) is 13.5. The second kappa shape index (κ2) is 10.6. The molecule has 35 heavy (non-hydrogen) atoms. The maximum absolute atomic E-state index is 14.1. The maximum Gasteiger partial charge on any atom is 0.219 e. The fourth-order valence-electron chi connectivity index (χ4n) is 4.34. The van der Waals surface area contributed by atoms with Crippen molar-refractivity contribution < 1.29 is 13.9 Å². The Morgan fingerprint density at radius 3 is 2.74 bits per heavy atom. The van der Waals surface area contributed by atoms with E-state index in [-0.39, 0.29) is 5.75 Å². The summed E-state index contributed by atoms with van der Waals surface area (Å²) in [5, 5.41) is 9.24. The fraction of sp³-hybridized carbons (Fsp3) is 0.222. The van der Waals surface area contributed by atoms with E-state index in [0.717, 1.165) is 35.0 Å². The van der Waals surface area contributed by atoms with Gasteiger partial charge in [0, 0.05) is 28.8 Å². The van der Waals surface area contributed by atoms with E-state index in [2.05, 4.69) is 28.2 Å². The number of methoxy groups -OCH3 is 1. The number of nitrogens with zero attached hydrogens (tertiary/aromatic N) is 1. The molecule has 5 rings (SSSR count). The Morgan fingerprint density at radius 1 is 1.14 bits per heavy atom. The van der Waals surface area contributed by atoms with Crippen molar-refractivity contribution in [2.45, 2.75) is 28.5 Å². The van der Waals surface area contributed by atoms with E-state index in [1.54, 1.807) is 29.5 Å². The van der Waals surface area contributed by atoms with Gasteiger partial charge in [-0.05, 0) is 65.6 Å². The van der Waals surface area contributed by atoms with Crippen LogP contribution >= 0.6 is 34.7 Å². The minimum atomic E-state index is -0.480. The Balaban J connectivity index is 1.39. The number of nitrogens with one attached hydrogen (secondary N) is 1. The summed E-state index contributed by atoms with van der Waals surface area (Å²) >= 11 is 9.87. The van der Waals surface area contributed by atoms with Gasteiger partial charge in [0.25, 0.3) is 0 Å². The zero-order chi connectivity index (χ0) is 24.3. The van der Waals surface area contributed by atoms with Gasteiger partial charge in [0.1, 0.15) is 5.75 Å². The Morgan fingerprint density at radius 2 is 2.03 bits per heavy atom. The lowest BCUT2D eigenvalue weighted by molar-refractivity contribution is 0.306. The minimum absolute atomic E-state index is 0.172. The third kappa shape index (κ3) is 5.19. The molecular formula is C27H24ClFN2O2S2. The second-order valence-corrected chi connectivity index (χ2v) is 10.8. The van der Waals surface area contributed by atoms with Crippen molar-refractivity contribution in [1.29, 1.82) is 0 Å². The number of halogens is 2. The van der Waals surface area contributed by atoms with E-state index in [1.165, 1.54) is 18.7 Å². The number of hydrogen-bond donors (Lipinski definition) is 1. The Labute approximate surface area is 217 Å². The molecule has 1 aliphatic rings. The summed E-state index contributed by atoms with van der Waals surface area (Å²) in [6, 6.07) is 20.4. The zero-order valence-electron chi connectivity index (χ0n) is 19.0. The van der Waals surface area contributed by atoms with E-state index in [4.69, 9.17) is 26.1 Å². The lowest BCUT2D eigenvalue weighted by Gasteiger charge is -2.41. The summed E-state index contributed by atoms with van der Waals surface area (Å²) < 4.78 is 25.1. The molecule has 0 amide bonds. The topological polar surface area (TPSA) is 43.4 Å². The molecule has 180 valence electrons. The maximum atomic E-state index is 14.1. The molecule has 1 saturated heterocycles. The van der Waals surface area contributed by atoms with Crippen LogP contribution in [0.15, 0.2) is 82.4 Å². The molecule has 0 aliphatic carbocycles. The number of thioether (sulfide) groups is 1. The summed E-state index contributed by atoms with van der Waals surface area (Å²) in [6.45, 7) is 0.808. The minimum Gasteiger partial charge on any atom is -0.494 e. The highest BCUT2D eigenvalue weighted by Crippen LogP contribution is 2.42. The number of rotatable bonds is 7. The van der Waals surface area contributed by atoms with Crippen LogP contribution in [0.4, 0.5) is 4.39 Å². The lowest BCUT2D eigenvalue weighted by Crippen LogP contribution is -2.50. The van der Waals surface area contributed by atoms with E-state index < -0.39 is 11.4 Å². The molecule has 0 radical (unpaired) electrons. The molecule has 1 N–H and O–H groups in total. The third-order valence-electron chi connectivity index (χ3n) is 6.12. The summed E-state index contributed by atoms with van der Waals surface area (Å²) in [5.41, 5.74) is 1.63. The number of hydrogen-bond acceptors (Lipinski definition) is 6. The van der Waals surface area contributed by atoms with Gasteiger partial charge in [-0.1, -0.05) is 29.8 Å². The fourth-order valence-corrected chi connectivity index (χ4v) is 6.44. The first-order chi connectivity index (χ1) is 17.1. The van der Waals surface area contributed by atoms with Gasteiger partial charge in [-0.2, -0.15) is 11.3 Å². The van der Waals surface area contributed by atoms with Gasteiger partial charge in [0.15, 0.2) is 11.6 Å². The van der Waals surface area contributed by atoms with Crippen molar-refractivity contribution in [3.8, 4) is 17.4 Å². The molecule has 0 saturated carbocycles. The second-order valence-electron chi connectivity index (χ2n) is 8.27. The largest absolute Gasteiger partial charge is 0.494 e. The van der Waals surface area contributed by atoms with Crippen LogP contribution < -0.4 is 14.8 Å². The average molecular weight is 527 g/mol. The Kier molecular flexibility index (Phi) is 7.29. The van der Waals surface area contributed by atoms with Crippen LogP contribution in [0.3, 0.4) is 0 Å². The smallest absolute Gasteiger partial charge is 0.219 e. The molecule has 1 aliphatic heterocycles. The summed E-state index contributed by atoms with van der Waals surface area (Å²) in [4.78, 5) is 5.95. The van der Waals surface area contributed by atoms with Crippen molar-refractivity contribution in [2.75, 3.05) is 13.7 Å². The SMILES string of the molecule is COc1ccc(Oc2cccc(C3(c4ccsc4)CCC(Sc4ccccc4Cl)CN3)n2)cc1F. The molecule has 2 aromatic heterocycles. The molecule has 8 heteroatoms. The van der Waals surface area contributed by atoms with Crippen LogP contribution in [0.25, 0.3) is 0 Å². The first-order valence-electron chi connectivity index (χ1n) is 11.3. The van der Waals surface area contributed by atoms with Gasteiger partial charge >= 0.3 is 0 Å². The molecule has 0 spiro atoms. The van der Waals surface area contributed by atoms with Crippen molar-refractivity contribution in [3.63, 3.8) is 0 Å². The molecule has 2 unspecified atom stereocenters. The molecular weight excluding hydrogens is 503 g/mol. The Hall–Kier alpha value is -2.58. The van der Waals surface area contributed by atoms with Crippen LogP contribution in [-0.2, 0) is 5.54 Å². The van der Waals surface area contributed by atoms with Crippen LogP contribution in [-0.4, -0.2) is 23.9 Å². The number of pyridine rings is 1. The molecule has 4 aromatic rings. The molecule has 3 heterocycles. The number of piperidine rings is 1. The Bertz CT molecular complexity index is 1290. The molecule has 2 atom stereocenters. The summed E-state index contributed by atoms with van der Waals surface area (Å²) in [7, 11) is 1.43. The predicted octanol–water partition coefficient (Wildman–Crippen LogP) is 7.52. The van der Waals surface area contributed by atoms with Crippen LogP contribution in [0.5, 0.6) is 17.4 Å². The van der Waals surface area contributed by atoms with Gasteiger partial charge in [-0.3, -0.25) is 0 Å². The lowest BCUT2D eigenvalue weighted by atomic mass is 9.80. The van der Waals surface area contributed by atoms with Gasteiger partial charge in [0.05, 0.1) is 23.4 Å². The quantitative estimate of drug-likeness (QED) is 0.270. The third-order valence-corrected chi connectivity index (χ3v) is 8.59. The van der Waals surface area contributed by atoms with E-state index >= 15 is 0 Å². The van der Waals surface area contributed by atoms with Crippen LogP contribution in [0.1, 0.15) is 24.1 Å². The number of thiophene rings is 1. The van der Waals surface area contributed by atoms with Crippen molar-refractivity contribution in [3.05, 3.63) is 99.6 Å². The standard InChI is InChI=1S/C27H24ClFN2O2S2/c1-32-23-10-9-19(15-22(23)29)33-26-8-4-7-25(31-26)27(18-12-14-34-17-18)13-11-20(16-30-27)35-24-6-3-2-5-21(24)28/h2-10,12,14-15,17,20,30H,11,13,16H2,1H3. The normalized spacial score (nSPS) is 19.9. The van der Waals surface area contributed by atoms with E-state index in [0.29, 0.717) is 16.9 Å². The van der Waals surface area contributed by atoms with E-state index in [9.17, 15) is 4.39 Å². The zero-order valence-corrected chi connectivity index (χ0v) is 21.4. The van der Waals surface area contributed by atoms with E-state index in [1.807, 2.05) is 42.1 Å². The van der Waals surface area contributed by atoms with Crippen molar-refractivity contribution in [2.24, 2.45) is 0 Å². The number of benzene rings is 2. The average Bonchev–Trinajstić information content (AvgIpc) is 3.42. The molecule has 0 bridgehead atoms. The van der Waals surface area contributed by atoms with Crippen molar-refractivity contribution in [1.82, 2.24) is 10.3 Å². The number of ether oxygens (including phenoxy) is 2. The van der Waals surface area contributed by atoms with Gasteiger partial charge in [-0.25, -0.2) is 9.37 Å². The molecule has 2 aromatic carbocycles. The van der Waals surface area contributed by atoms with Crippen LogP contribution in [0, 0.1) is 5.82 Å². The van der Waals surface area contributed by atoms with Gasteiger partial charge in [-0.15, -0.1) is 11.8 Å². The molecule has 1 fully saturated rings. The summed E-state index contributed by atoms with van der Waals surface area (Å²) in [5.74, 6) is 0.472. The van der Waals surface area contributed by atoms with Gasteiger partial charge < -0.3 is 14.8 Å². The number of aromatic nitrogens is 1. The highest BCUT2D eigenvalue weighted by Gasteiger charge is 2.40. The van der Waals surface area contributed by atoms with Crippen molar-refractivity contribution >= 4 is 34.7 Å². The molecule has 4 nitrogen and oxygen atoms in total. The predicted molar refractivity (Wildman–Crippen MR) is 141 cm³/mol. The summed E-state index contributed by atoms with van der Waals surface area (Å²) in [6.07, 6.45) is 1.87. The highest BCUT2D eigenvalue weighted by molar-refractivity contribution is 8.00. The monoisotopic (exact) mass is 526 g/mol. The highest BCUT2D eigenvalue weighted by atomic mass is 35.5. The first kappa shape index (κ1) is 24.1. The van der Waals surface area contributed by atoms with Gasteiger partial charge in [0.2, 0.25) is 5.88 Å². The van der Waals surface area contributed by atoms with Crippen LogP contribution in [0.2, 0.25) is 5.02 Å².